The highest BCUT2D eigenvalue weighted by molar-refractivity contribution is 9.10. The van der Waals surface area contributed by atoms with E-state index < -0.39 is 0 Å². The van der Waals surface area contributed by atoms with Gasteiger partial charge in [0.2, 0.25) is 0 Å². The topological polar surface area (TPSA) is 20.2 Å². The van der Waals surface area contributed by atoms with Crippen molar-refractivity contribution in [3.05, 3.63) is 34.3 Å². The molecule has 1 aromatic rings. The van der Waals surface area contributed by atoms with Gasteiger partial charge in [0.15, 0.2) is 0 Å². The summed E-state index contributed by atoms with van der Waals surface area (Å²) in [5.74, 6) is 1.13. The Morgan fingerprint density at radius 3 is 2.50 bits per heavy atom. The van der Waals surface area contributed by atoms with Crippen molar-refractivity contribution in [1.82, 2.24) is 0 Å². The van der Waals surface area contributed by atoms with Crippen molar-refractivity contribution in [2.75, 3.05) is 6.61 Å². The predicted octanol–water partition coefficient (Wildman–Crippen LogP) is 2.54. The van der Waals surface area contributed by atoms with E-state index in [1.807, 2.05) is 0 Å². The molecule has 0 unspecified atom stereocenters. The molecular formula is C10H11BrO. The van der Waals surface area contributed by atoms with E-state index in [0.29, 0.717) is 18.4 Å². The lowest BCUT2D eigenvalue weighted by Gasteiger charge is -1.98. The zero-order valence-electron chi connectivity index (χ0n) is 6.70. The molecule has 1 aliphatic carbocycles. The summed E-state index contributed by atoms with van der Waals surface area (Å²) in [7, 11) is 0. The fraction of sp³-hybridized carbons (Fsp3) is 0.400. The molecule has 2 atom stereocenters. The van der Waals surface area contributed by atoms with Crippen LogP contribution in [0.15, 0.2) is 28.7 Å². The molecule has 0 heterocycles. The minimum absolute atomic E-state index is 0.334. The minimum atomic E-state index is 0.334. The highest BCUT2D eigenvalue weighted by Crippen LogP contribution is 2.46. The van der Waals surface area contributed by atoms with Crippen LogP contribution in [0.2, 0.25) is 0 Å². The lowest BCUT2D eigenvalue weighted by Crippen LogP contribution is -1.87. The van der Waals surface area contributed by atoms with Gasteiger partial charge in [0.1, 0.15) is 0 Å². The Morgan fingerprint density at radius 1 is 1.33 bits per heavy atom. The number of benzene rings is 1. The van der Waals surface area contributed by atoms with Gasteiger partial charge in [0.05, 0.1) is 0 Å². The number of hydrogen-bond donors (Lipinski definition) is 1. The van der Waals surface area contributed by atoms with E-state index in [2.05, 4.69) is 40.2 Å². The molecule has 2 heteroatoms. The molecule has 0 aliphatic heterocycles. The van der Waals surface area contributed by atoms with E-state index >= 15 is 0 Å². The molecule has 1 nitrogen and oxygen atoms in total. The summed E-state index contributed by atoms with van der Waals surface area (Å²) in [6.07, 6.45) is 1.15. The highest BCUT2D eigenvalue weighted by atomic mass is 79.9. The Labute approximate surface area is 80.5 Å². The Kier molecular flexibility index (Phi) is 2.20. The Hall–Kier alpha value is -0.340. The van der Waals surface area contributed by atoms with Gasteiger partial charge in [-0.05, 0) is 36.0 Å². The van der Waals surface area contributed by atoms with Crippen LogP contribution < -0.4 is 0 Å². The average Bonchev–Trinajstić information content (AvgIpc) is 2.85. The minimum Gasteiger partial charge on any atom is -0.396 e. The molecule has 0 amide bonds. The molecule has 0 spiro atoms. The van der Waals surface area contributed by atoms with Crippen LogP contribution in [-0.4, -0.2) is 11.7 Å². The van der Waals surface area contributed by atoms with E-state index in [4.69, 9.17) is 5.11 Å². The number of rotatable bonds is 2. The summed E-state index contributed by atoms with van der Waals surface area (Å²) < 4.78 is 1.12. The molecule has 1 aliphatic rings. The first-order valence-corrected chi connectivity index (χ1v) is 4.97. The van der Waals surface area contributed by atoms with Crippen LogP contribution in [0.4, 0.5) is 0 Å². The SMILES string of the molecule is OC[C@@H]1C[C@H]1c1ccc(Br)cc1. The van der Waals surface area contributed by atoms with Gasteiger partial charge < -0.3 is 5.11 Å². The second kappa shape index (κ2) is 3.19. The maximum absolute atomic E-state index is 8.88. The van der Waals surface area contributed by atoms with Crippen molar-refractivity contribution in [2.24, 2.45) is 5.92 Å². The maximum Gasteiger partial charge on any atom is 0.0465 e. The number of aliphatic hydroxyl groups is 1. The first kappa shape index (κ1) is 8.27. The van der Waals surface area contributed by atoms with Crippen molar-refractivity contribution < 1.29 is 5.11 Å². The molecule has 1 saturated carbocycles. The second-order valence-corrected chi connectivity index (χ2v) is 4.25. The third-order valence-corrected chi connectivity index (χ3v) is 2.98. The molecule has 1 fully saturated rings. The molecule has 0 saturated heterocycles. The molecule has 1 N–H and O–H groups in total. The molecule has 0 radical (unpaired) electrons. The van der Waals surface area contributed by atoms with Crippen LogP contribution in [0.5, 0.6) is 0 Å². The molecule has 2 rings (SSSR count). The number of aliphatic hydroxyl groups excluding tert-OH is 1. The van der Waals surface area contributed by atoms with Crippen LogP contribution in [0.3, 0.4) is 0 Å². The van der Waals surface area contributed by atoms with Gasteiger partial charge in [0.25, 0.3) is 0 Å². The zero-order chi connectivity index (χ0) is 8.55. The Morgan fingerprint density at radius 2 is 2.00 bits per heavy atom. The summed E-state index contributed by atoms with van der Waals surface area (Å²) in [6, 6.07) is 8.37. The summed E-state index contributed by atoms with van der Waals surface area (Å²) in [5.41, 5.74) is 1.36. The van der Waals surface area contributed by atoms with Crippen molar-refractivity contribution in [3.63, 3.8) is 0 Å². The quantitative estimate of drug-likeness (QED) is 0.823. The molecule has 0 aromatic heterocycles. The third kappa shape index (κ3) is 1.54. The van der Waals surface area contributed by atoms with Crippen molar-refractivity contribution in [3.8, 4) is 0 Å². The van der Waals surface area contributed by atoms with Crippen molar-refractivity contribution >= 4 is 15.9 Å². The summed E-state index contributed by atoms with van der Waals surface area (Å²) >= 11 is 3.40. The first-order valence-electron chi connectivity index (χ1n) is 4.17. The van der Waals surface area contributed by atoms with E-state index in [0.717, 1.165) is 10.9 Å². The van der Waals surface area contributed by atoms with Crippen LogP contribution in [0.25, 0.3) is 0 Å². The summed E-state index contributed by atoms with van der Waals surface area (Å²) in [4.78, 5) is 0. The fourth-order valence-corrected chi connectivity index (χ4v) is 1.83. The standard InChI is InChI=1S/C10H11BrO/c11-9-3-1-7(2-4-9)10-5-8(10)6-12/h1-4,8,10,12H,5-6H2/t8-,10-/m0/s1. The molecule has 0 bridgehead atoms. The van der Waals surface area contributed by atoms with Crippen molar-refractivity contribution in [1.29, 1.82) is 0 Å². The predicted molar refractivity (Wildman–Crippen MR) is 52.1 cm³/mol. The monoisotopic (exact) mass is 226 g/mol. The lowest BCUT2D eigenvalue weighted by molar-refractivity contribution is 0.274. The third-order valence-electron chi connectivity index (χ3n) is 2.46. The van der Waals surface area contributed by atoms with Gasteiger partial charge in [-0.2, -0.15) is 0 Å². The normalized spacial score (nSPS) is 27.2. The number of halogens is 1. The fourth-order valence-electron chi connectivity index (χ4n) is 1.57. The largest absolute Gasteiger partial charge is 0.396 e. The van der Waals surface area contributed by atoms with Crippen LogP contribution in [0.1, 0.15) is 17.9 Å². The van der Waals surface area contributed by atoms with Crippen LogP contribution in [0, 0.1) is 5.92 Å². The smallest absolute Gasteiger partial charge is 0.0465 e. The lowest BCUT2D eigenvalue weighted by atomic mass is 10.1. The van der Waals surface area contributed by atoms with E-state index in [1.165, 1.54) is 5.56 Å². The molecular weight excluding hydrogens is 216 g/mol. The van der Waals surface area contributed by atoms with E-state index in [1.54, 1.807) is 0 Å². The van der Waals surface area contributed by atoms with Crippen LogP contribution in [-0.2, 0) is 0 Å². The summed E-state index contributed by atoms with van der Waals surface area (Å²) in [6.45, 7) is 0.334. The number of hydrogen-bond acceptors (Lipinski definition) is 1. The van der Waals surface area contributed by atoms with Gasteiger partial charge in [-0.25, -0.2) is 0 Å². The molecule has 1 aromatic carbocycles. The van der Waals surface area contributed by atoms with Gasteiger partial charge >= 0.3 is 0 Å². The summed E-state index contributed by atoms with van der Waals surface area (Å²) in [5, 5.41) is 8.88. The van der Waals surface area contributed by atoms with Gasteiger partial charge in [-0.15, -0.1) is 0 Å². The maximum atomic E-state index is 8.88. The first-order chi connectivity index (χ1) is 5.81. The second-order valence-electron chi connectivity index (χ2n) is 3.34. The van der Waals surface area contributed by atoms with Gasteiger partial charge in [0, 0.05) is 11.1 Å². The Balaban J connectivity index is 2.10. The average molecular weight is 227 g/mol. The molecule has 64 valence electrons. The van der Waals surface area contributed by atoms with Gasteiger partial charge in [-0.1, -0.05) is 28.1 Å². The van der Waals surface area contributed by atoms with E-state index in [-0.39, 0.29) is 0 Å². The zero-order valence-corrected chi connectivity index (χ0v) is 8.29. The van der Waals surface area contributed by atoms with Gasteiger partial charge in [-0.3, -0.25) is 0 Å². The molecule has 12 heavy (non-hydrogen) atoms. The highest BCUT2D eigenvalue weighted by Gasteiger charge is 2.37. The van der Waals surface area contributed by atoms with E-state index in [9.17, 15) is 0 Å². The Bertz CT molecular complexity index is 268. The van der Waals surface area contributed by atoms with Crippen molar-refractivity contribution in [2.45, 2.75) is 12.3 Å². The van der Waals surface area contributed by atoms with Crippen LogP contribution >= 0.6 is 15.9 Å².